The van der Waals surface area contributed by atoms with E-state index in [-0.39, 0.29) is 5.92 Å². The van der Waals surface area contributed by atoms with Crippen LogP contribution in [0.1, 0.15) is 45.3 Å². The van der Waals surface area contributed by atoms with Crippen LogP contribution in [0.3, 0.4) is 0 Å². The third kappa shape index (κ3) is 6.77. The minimum Gasteiger partial charge on any atom is -0.469 e. The summed E-state index contributed by atoms with van der Waals surface area (Å²) in [5.41, 5.74) is 0. The van der Waals surface area contributed by atoms with Gasteiger partial charge < -0.3 is 20.0 Å². The number of likely N-dealkylation sites (tertiary alicyclic amines) is 1. The predicted molar refractivity (Wildman–Crippen MR) is 110 cm³/mol. The third-order valence-electron chi connectivity index (χ3n) is 5.10. The molecule has 0 bridgehead atoms. The molecule has 0 unspecified atom stereocenters. The van der Waals surface area contributed by atoms with E-state index in [1.165, 1.54) is 0 Å². The molecule has 1 aromatic rings. The van der Waals surface area contributed by atoms with Gasteiger partial charge in [0, 0.05) is 44.6 Å². The van der Waals surface area contributed by atoms with Gasteiger partial charge >= 0.3 is 0 Å². The van der Waals surface area contributed by atoms with Crippen LogP contribution in [0, 0.1) is 5.92 Å². The number of piperidine rings is 1. The molecule has 0 aromatic carbocycles. The molecule has 2 heterocycles. The number of nitrogens with one attached hydrogen (secondary N) is 2. The van der Waals surface area contributed by atoms with Gasteiger partial charge in [-0.3, -0.25) is 9.79 Å². The molecule has 1 aromatic heterocycles. The number of hydrogen-bond donors (Lipinski definition) is 2. The van der Waals surface area contributed by atoms with Gasteiger partial charge in [-0.15, -0.1) is 6.58 Å². The van der Waals surface area contributed by atoms with Crippen molar-refractivity contribution in [3.63, 3.8) is 0 Å². The second-order valence-electron chi connectivity index (χ2n) is 6.99. The molecule has 6 heteroatoms. The molecule has 1 aliphatic heterocycles. The first-order valence-electron chi connectivity index (χ1n) is 10.1. The highest BCUT2D eigenvalue weighted by atomic mass is 16.3. The lowest BCUT2D eigenvalue weighted by atomic mass is 9.98. The van der Waals surface area contributed by atoms with Gasteiger partial charge in [-0.2, -0.15) is 0 Å². The molecule has 1 aliphatic rings. The average molecular weight is 375 g/mol. The molecule has 0 radical (unpaired) electrons. The fourth-order valence-electron chi connectivity index (χ4n) is 3.39. The van der Waals surface area contributed by atoms with Crippen LogP contribution < -0.4 is 10.6 Å². The van der Waals surface area contributed by atoms with E-state index in [1.54, 1.807) is 6.26 Å². The van der Waals surface area contributed by atoms with E-state index in [2.05, 4.69) is 36.1 Å². The van der Waals surface area contributed by atoms with Crippen molar-refractivity contribution in [1.29, 1.82) is 0 Å². The Hall–Kier alpha value is -2.24. The number of aliphatic imine (C=N–C) groups is 1. The molecular formula is C21H34N4O2. The molecular weight excluding hydrogens is 340 g/mol. The van der Waals surface area contributed by atoms with Crippen LogP contribution in [-0.2, 0) is 11.2 Å². The Kier molecular flexibility index (Phi) is 8.95. The van der Waals surface area contributed by atoms with Gasteiger partial charge in [-0.05, 0) is 37.8 Å². The minimum atomic E-state index is 0.169. The Bertz CT molecular complexity index is 585. The summed E-state index contributed by atoms with van der Waals surface area (Å²) >= 11 is 0. The highest BCUT2D eigenvalue weighted by molar-refractivity contribution is 5.80. The van der Waals surface area contributed by atoms with Gasteiger partial charge in [0.15, 0.2) is 5.96 Å². The summed E-state index contributed by atoms with van der Waals surface area (Å²) in [6, 6.07) is 4.19. The van der Waals surface area contributed by atoms with Gasteiger partial charge in [0.25, 0.3) is 0 Å². The average Bonchev–Trinajstić information content (AvgIpc) is 3.21. The number of hydrogen-bond acceptors (Lipinski definition) is 3. The molecule has 1 fully saturated rings. The lowest BCUT2D eigenvalue weighted by molar-refractivity contribution is -0.136. The number of guanidine groups is 1. The van der Waals surface area contributed by atoms with Gasteiger partial charge in [0.1, 0.15) is 5.76 Å². The van der Waals surface area contributed by atoms with Crippen LogP contribution in [0.25, 0.3) is 0 Å². The first-order chi connectivity index (χ1) is 13.2. The van der Waals surface area contributed by atoms with Crippen LogP contribution >= 0.6 is 0 Å². The zero-order valence-corrected chi connectivity index (χ0v) is 16.7. The Morgan fingerprint density at radius 3 is 2.74 bits per heavy atom. The molecule has 1 amide bonds. The van der Waals surface area contributed by atoms with Crippen molar-refractivity contribution < 1.29 is 9.21 Å². The van der Waals surface area contributed by atoms with Crippen molar-refractivity contribution in [2.45, 2.75) is 52.0 Å². The summed E-state index contributed by atoms with van der Waals surface area (Å²) in [6.45, 7) is 10.9. The van der Waals surface area contributed by atoms with E-state index in [0.717, 1.165) is 56.9 Å². The topological polar surface area (TPSA) is 69.9 Å². The summed E-state index contributed by atoms with van der Waals surface area (Å²) in [7, 11) is 0. The number of furan rings is 1. The zero-order chi connectivity index (χ0) is 19.5. The maximum Gasteiger partial charge on any atom is 0.225 e. The molecule has 1 saturated heterocycles. The summed E-state index contributed by atoms with van der Waals surface area (Å²) in [5, 5.41) is 6.79. The lowest BCUT2D eigenvalue weighted by Gasteiger charge is -2.34. The maximum absolute atomic E-state index is 12.5. The van der Waals surface area contributed by atoms with E-state index >= 15 is 0 Å². The van der Waals surface area contributed by atoms with Crippen LogP contribution in [-0.4, -0.2) is 49.0 Å². The third-order valence-corrected chi connectivity index (χ3v) is 5.10. The van der Waals surface area contributed by atoms with Crippen molar-refractivity contribution in [3.05, 3.63) is 36.8 Å². The van der Waals surface area contributed by atoms with Gasteiger partial charge in [0.2, 0.25) is 5.91 Å². The number of amides is 1. The van der Waals surface area contributed by atoms with Gasteiger partial charge in [0.05, 0.1) is 6.26 Å². The fraction of sp³-hybridized carbons (Fsp3) is 0.619. The number of carbonyl (C=O) groups excluding carboxylic acids is 1. The van der Waals surface area contributed by atoms with Crippen molar-refractivity contribution >= 4 is 11.9 Å². The molecule has 0 atom stereocenters. The van der Waals surface area contributed by atoms with Crippen LogP contribution in [0.2, 0.25) is 0 Å². The smallest absolute Gasteiger partial charge is 0.225 e. The van der Waals surface area contributed by atoms with E-state index in [0.29, 0.717) is 25.0 Å². The molecule has 6 nitrogen and oxygen atoms in total. The molecule has 2 N–H and O–H groups in total. The largest absolute Gasteiger partial charge is 0.469 e. The van der Waals surface area contributed by atoms with E-state index in [4.69, 9.17) is 4.42 Å². The molecule has 0 spiro atoms. The highest BCUT2D eigenvalue weighted by Crippen LogP contribution is 2.17. The van der Waals surface area contributed by atoms with Crippen molar-refractivity contribution in [2.75, 3.05) is 26.2 Å². The highest BCUT2D eigenvalue weighted by Gasteiger charge is 2.26. The molecule has 150 valence electrons. The Balaban J connectivity index is 1.83. The Labute approximate surface area is 163 Å². The number of carbonyl (C=O) groups is 1. The standard InChI is InChI=1S/C21H34N4O2/c1-4-12-22-21(23-13-9-19-8-7-16-27-19)24-18-10-14-25(15-11-18)20(26)17(5-2)6-3/h4,7-8,16-18H,1,5-6,9-15H2,2-3H3,(H2,22,23,24). The zero-order valence-electron chi connectivity index (χ0n) is 16.7. The normalized spacial score (nSPS) is 15.8. The monoisotopic (exact) mass is 374 g/mol. The molecule has 2 rings (SSSR count). The number of rotatable bonds is 9. The van der Waals surface area contributed by atoms with Crippen molar-refractivity contribution in [1.82, 2.24) is 15.5 Å². The van der Waals surface area contributed by atoms with Crippen LogP contribution in [0.4, 0.5) is 0 Å². The van der Waals surface area contributed by atoms with Crippen molar-refractivity contribution in [2.24, 2.45) is 10.9 Å². The molecule has 0 aliphatic carbocycles. The lowest BCUT2D eigenvalue weighted by Crippen LogP contribution is -2.50. The Morgan fingerprint density at radius 2 is 2.15 bits per heavy atom. The fourth-order valence-corrected chi connectivity index (χ4v) is 3.39. The SMILES string of the molecule is C=CCNC(=NCCc1ccco1)NC1CCN(C(=O)C(CC)CC)CC1. The summed E-state index contributed by atoms with van der Waals surface area (Å²) in [5.74, 6) is 2.22. The predicted octanol–water partition coefficient (Wildman–Crippen LogP) is 2.97. The van der Waals surface area contributed by atoms with E-state index in [9.17, 15) is 4.79 Å². The second-order valence-corrected chi connectivity index (χ2v) is 6.99. The molecule has 27 heavy (non-hydrogen) atoms. The second kappa shape index (κ2) is 11.5. The first-order valence-corrected chi connectivity index (χ1v) is 10.1. The maximum atomic E-state index is 12.5. The van der Waals surface area contributed by atoms with E-state index < -0.39 is 0 Å². The summed E-state index contributed by atoms with van der Waals surface area (Å²) in [6.07, 6.45) is 8.01. The van der Waals surface area contributed by atoms with Crippen LogP contribution in [0.5, 0.6) is 0 Å². The van der Waals surface area contributed by atoms with Gasteiger partial charge in [-0.1, -0.05) is 19.9 Å². The van der Waals surface area contributed by atoms with Gasteiger partial charge in [-0.25, -0.2) is 0 Å². The summed E-state index contributed by atoms with van der Waals surface area (Å²) in [4.78, 5) is 19.2. The number of nitrogens with zero attached hydrogens (tertiary/aromatic N) is 2. The van der Waals surface area contributed by atoms with Crippen molar-refractivity contribution in [3.8, 4) is 0 Å². The van der Waals surface area contributed by atoms with E-state index in [1.807, 2.05) is 23.1 Å². The molecule has 0 saturated carbocycles. The Morgan fingerprint density at radius 1 is 1.41 bits per heavy atom. The van der Waals surface area contributed by atoms with Crippen LogP contribution in [0.15, 0.2) is 40.5 Å². The minimum absolute atomic E-state index is 0.169. The first kappa shape index (κ1) is 21.1. The summed E-state index contributed by atoms with van der Waals surface area (Å²) < 4.78 is 5.35. The quantitative estimate of drug-likeness (QED) is 0.396.